The average molecular weight is 198 g/mol. The molecule has 0 aliphatic heterocycles. The lowest BCUT2D eigenvalue weighted by Gasteiger charge is -2.02. The number of allylic oxidation sites excluding steroid dienone is 1. The SMILES string of the molecule is C=C(Cl)CC(C)CBr. The van der Waals surface area contributed by atoms with Crippen LogP contribution in [0.2, 0.25) is 0 Å². The second-order valence-electron chi connectivity index (χ2n) is 1.98. The molecule has 0 nitrogen and oxygen atoms in total. The van der Waals surface area contributed by atoms with Crippen LogP contribution in [0.1, 0.15) is 13.3 Å². The Bertz CT molecular complexity index is 80.6. The van der Waals surface area contributed by atoms with Gasteiger partial charge in [-0.1, -0.05) is 41.0 Å². The van der Waals surface area contributed by atoms with Crippen molar-refractivity contribution in [2.75, 3.05) is 5.33 Å². The van der Waals surface area contributed by atoms with Crippen LogP contribution in [0.3, 0.4) is 0 Å². The Morgan fingerprint density at radius 1 is 1.88 bits per heavy atom. The molecular formula is C6H10BrCl. The molecule has 1 unspecified atom stereocenters. The Balaban J connectivity index is 3.24. The van der Waals surface area contributed by atoms with Crippen molar-refractivity contribution in [2.45, 2.75) is 13.3 Å². The molecule has 0 bridgehead atoms. The first-order valence-corrected chi connectivity index (χ1v) is 4.06. The molecule has 0 aliphatic carbocycles. The van der Waals surface area contributed by atoms with Crippen LogP contribution in [0.4, 0.5) is 0 Å². The van der Waals surface area contributed by atoms with Crippen molar-refractivity contribution < 1.29 is 0 Å². The lowest BCUT2D eigenvalue weighted by Crippen LogP contribution is -1.93. The number of hydrogen-bond acceptors (Lipinski definition) is 0. The van der Waals surface area contributed by atoms with Crippen molar-refractivity contribution in [1.29, 1.82) is 0 Å². The van der Waals surface area contributed by atoms with Crippen molar-refractivity contribution in [3.63, 3.8) is 0 Å². The van der Waals surface area contributed by atoms with Crippen LogP contribution < -0.4 is 0 Å². The molecule has 0 saturated carbocycles. The third-order valence-electron chi connectivity index (χ3n) is 0.833. The quantitative estimate of drug-likeness (QED) is 0.610. The molecular weight excluding hydrogens is 187 g/mol. The van der Waals surface area contributed by atoms with Crippen LogP contribution >= 0.6 is 27.5 Å². The molecule has 0 aromatic heterocycles. The summed E-state index contributed by atoms with van der Waals surface area (Å²) in [5.74, 6) is 0.611. The van der Waals surface area contributed by atoms with Gasteiger partial charge in [-0.15, -0.1) is 0 Å². The molecule has 0 fully saturated rings. The Morgan fingerprint density at radius 3 is 2.50 bits per heavy atom. The van der Waals surface area contributed by atoms with Gasteiger partial charge in [-0.2, -0.15) is 0 Å². The Kier molecular flexibility index (Phi) is 4.68. The fourth-order valence-electron chi connectivity index (χ4n) is 0.433. The van der Waals surface area contributed by atoms with Crippen molar-refractivity contribution in [3.8, 4) is 0 Å². The molecule has 2 heteroatoms. The van der Waals surface area contributed by atoms with E-state index >= 15 is 0 Å². The van der Waals surface area contributed by atoms with Gasteiger partial charge in [0, 0.05) is 10.4 Å². The largest absolute Gasteiger partial charge is 0.0925 e. The van der Waals surface area contributed by atoms with Crippen molar-refractivity contribution >= 4 is 27.5 Å². The second kappa shape index (κ2) is 4.39. The normalized spacial score (nSPS) is 13.4. The topological polar surface area (TPSA) is 0 Å². The van der Waals surface area contributed by atoms with Gasteiger partial charge in [0.1, 0.15) is 0 Å². The van der Waals surface area contributed by atoms with Gasteiger partial charge >= 0.3 is 0 Å². The smallest absolute Gasteiger partial charge is 0.0112 e. The first kappa shape index (κ1) is 8.51. The van der Waals surface area contributed by atoms with Crippen LogP contribution in [-0.2, 0) is 0 Å². The second-order valence-corrected chi connectivity index (χ2v) is 3.16. The van der Waals surface area contributed by atoms with E-state index in [-0.39, 0.29) is 0 Å². The van der Waals surface area contributed by atoms with Crippen molar-refractivity contribution in [1.82, 2.24) is 0 Å². The highest BCUT2D eigenvalue weighted by Crippen LogP contribution is 2.14. The van der Waals surface area contributed by atoms with Gasteiger partial charge in [-0.05, 0) is 12.3 Å². The highest BCUT2D eigenvalue weighted by molar-refractivity contribution is 9.09. The summed E-state index contributed by atoms with van der Waals surface area (Å²) in [5.41, 5.74) is 0. The molecule has 0 saturated heterocycles. The molecule has 0 rings (SSSR count). The summed E-state index contributed by atoms with van der Waals surface area (Å²) in [6, 6.07) is 0. The molecule has 1 atom stereocenters. The molecule has 0 heterocycles. The van der Waals surface area contributed by atoms with Gasteiger partial charge < -0.3 is 0 Å². The Hall–Kier alpha value is 0.510. The number of alkyl halides is 1. The molecule has 48 valence electrons. The number of hydrogen-bond donors (Lipinski definition) is 0. The maximum atomic E-state index is 5.54. The summed E-state index contributed by atoms with van der Waals surface area (Å²) in [4.78, 5) is 0. The zero-order chi connectivity index (χ0) is 6.57. The van der Waals surface area contributed by atoms with Gasteiger partial charge in [0.25, 0.3) is 0 Å². The molecule has 0 amide bonds. The standard InChI is InChI=1S/C6H10BrCl/c1-5(4-7)3-6(2)8/h5H,2-4H2,1H3. The molecule has 8 heavy (non-hydrogen) atoms. The molecule has 0 aliphatic rings. The summed E-state index contributed by atoms with van der Waals surface area (Å²) < 4.78 is 0. The van der Waals surface area contributed by atoms with Crippen LogP contribution in [-0.4, -0.2) is 5.33 Å². The monoisotopic (exact) mass is 196 g/mol. The van der Waals surface area contributed by atoms with Crippen LogP contribution in [0, 0.1) is 5.92 Å². The van der Waals surface area contributed by atoms with Crippen molar-refractivity contribution in [2.24, 2.45) is 5.92 Å². The zero-order valence-corrected chi connectivity index (χ0v) is 7.30. The fourth-order valence-corrected chi connectivity index (χ4v) is 0.925. The van der Waals surface area contributed by atoms with Crippen LogP contribution in [0.25, 0.3) is 0 Å². The average Bonchev–Trinajstić information content (AvgIpc) is 1.65. The van der Waals surface area contributed by atoms with E-state index in [2.05, 4.69) is 29.4 Å². The minimum Gasteiger partial charge on any atom is -0.0925 e. The summed E-state index contributed by atoms with van der Waals surface area (Å²) >= 11 is 8.88. The molecule has 0 N–H and O–H groups in total. The molecule has 0 radical (unpaired) electrons. The van der Waals surface area contributed by atoms with E-state index in [0.717, 1.165) is 16.8 Å². The van der Waals surface area contributed by atoms with E-state index in [9.17, 15) is 0 Å². The fraction of sp³-hybridized carbons (Fsp3) is 0.667. The lowest BCUT2D eigenvalue weighted by atomic mass is 10.1. The van der Waals surface area contributed by atoms with E-state index in [1.807, 2.05) is 0 Å². The molecule has 0 aromatic rings. The van der Waals surface area contributed by atoms with Gasteiger partial charge in [0.2, 0.25) is 0 Å². The van der Waals surface area contributed by atoms with Gasteiger partial charge in [-0.25, -0.2) is 0 Å². The summed E-state index contributed by atoms with van der Waals surface area (Å²) in [6.07, 6.45) is 0.910. The van der Waals surface area contributed by atoms with E-state index in [1.165, 1.54) is 0 Å². The minimum atomic E-state index is 0.611. The summed E-state index contributed by atoms with van der Waals surface area (Å²) in [6.45, 7) is 5.71. The van der Waals surface area contributed by atoms with Gasteiger partial charge in [0.15, 0.2) is 0 Å². The maximum absolute atomic E-state index is 5.54. The highest BCUT2D eigenvalue weighted by Gasteiger charge is 1.98. The predicted molar refractivity (Wildman–Crippen MR) is 42.6 cm³/mol. The van der Waals surface area contributed by atoms with E-state index in [0.29, 0.717) is 5.92 Å². The van der Waals surface area contributed by atoms with E-state index in [4.69, 9.17) is 11.6 Å². The third-order valence-corrected chi connectivity index (χ3v) is 2.09. The summed E-state index contributed by atoms with van der Waals surface area (Å²) in [5, 5.41) is 1.75. The molecule has 0 aromatic carbocycles. The summed E-state index contributed by atoms with van der Waals surface area (Å²) in [7, 11) is 0. The Labute approximate surface area is 64.0 Å². The van der Waals surface area contributed by atoms with Crippen LogP contribution in [0.5, 0.6) is 0 Å². The van der Waals surface area contributed by atoms with E-state index in [1.54, 1.807) is 0 Å². The predicted octanol–water partition coefficient (Wildman–Crippen LogP) is 3.16. The number of halogens is 2. The van der Waals surface area contributed by atoms with Gasteiger partial charge in [0.05, 0.1) is 0 Å². The van der Waals surface area contributed by atoms with Gasteiger partial charge in [-0.3, -0.25) is 0 Å². The first-order chi connectivity index (χ1) is 3.66. The molecule has 0 spiro atoms. The van der Waals surface area contributed by atoms with Crippen LogP contribution in [0.15, 0.2) is 11.6 Å². The highest BCUT2D eigenvalue weighted by atomic mass is 79.9. The van der Waals surface area contributed by atoms with Crippen molar-refractivity contribution in [3.05, 3.63) is 11.6 Å². The Morgan fingerprint density at radius 2 is 2.38 bits per heavy atom. The lowest BCUT2D eigenvalue weighted by molar-refractivity contribution is 0.675. The van der Waals surface area contributed by atoms with E-state index < -0.39 is 0 Å². The zero-order valence-electron chi connectivity index (χ0n) is 4.95. The maximum Gasteiger partial charge on any atom is 0.0112 e. The minimum absolute atomic E-state index is 0.611. The third kappa shape index (κ3) is 4.66. The number of rotatable bonds is 3. The first-order valence-electron chi connectivity index (χ1n) is 2.56.